The lowest BCUT2D eigenvalue weighted by atomic mass is 10.1. The Morgan fingerprint density at radius 1 is 0.957 bits per heavy atom. The van der Waals surface area contributed by atoms with Crippen LogP contribution in [0.15, 0.2) is 60.9 Å². The molecule has 2 amide bonds. The van der Waals surface area contributed by atoms with Gasteiger partial charge in [0.05, 0.1) is 29.6 Å². The fourth-order valence-electron chi connectivity index (χ4n) is 4.41. The Labute approximate surface area is 278 Å². The van der Waals surface area contributed by atoms with Gasteiger partial charge >= 0.3 is 12.2 Å². The predicted octanol–water partition coefficient (Wildman–Crippen LogP) is 7.76. The lowest BCUT2D eigenvalue weighted by Gasteiger charge is -2.27. The van der Waals surface area contributed by atoms with Gasteiger partial charge in [0.25, 0.3) is 0 Å². The number of anilines is 2. The quantitative estimate of drug-likeness (QED) is 0.154. The summed E-state index contributed by atoms with van der Waals surface area (Å²) in [5.74, 6) is 0.120. The maximum Gasteiger partial charge on any atom is 0.410 e. The molecule has 0 spiro atoms. The number of nitrogens with zero attached hydrogens (tertiary/aromatic N) is 4. The van der Waals surface area contributed by atoms with E-state index < -0.39 is 29.2 Å². The van der Waals surface area contributed by atoms with Crippen molar-refractivity contribution in [2.45, 2.75) is 59.2 Å². The van der Waals surface area contributed by atoms with E-state index in [9.17, 15) is 14.0 Å². The average molecular weight is 667 g/mol. The first kappa shape index (κ1) is 35.1. The van der Waals surface area contributed by atoms with Gasteiger partial charge in [0.2, 0.25) is 0 Å². The summed E-state index contributed by atoms with van der Waals surface area (Å²) in [4.78, 5) is 30.9. The van der Waals surface area contributed by atoms with Crippen molar-refractivity contribution in [3.05, 3.63) is 71.8 Å². The molecule has 0 bridgehead atoms. The van der Waals surface area contributed by atoms with E-state index in [1.165, 1.54) is 18.2 Å². The molecule has 2 heterocycles. The molecule has 0 unspecified atom stereocenters. The third kappa shape index (κ3) is 11.0. The van der Waals surface area contributed by atoms with E-state index in [4.69, 9.17) is 25.8 Å². The molecule has 0 radical (unpaired) electrons. The Hall–Kier alpha value is -4.71. The molecule has 0 fully saturated rings. The average Bonchev–Trinajstić information content (AvgIpc) is 2.98. The van der Waals surface area contributed by atoms with E-state index >= 15 is 0 Å². The van der Waals surface area contributed by atoms with E-state index in [-0.39, 0.29) is 18.7 Å². The highest BCUT2D eigenvalue weighted by Crippen LogP contribution is 2.30. The molecule has 0 saturated carbocycles. The van der Waals surface area contributed by atoms with Crippen molar-refractivity contribution >= 4 is 46.1 Å². The zero-order valence-corrected chi connectivity index (χ0v) is 28.2. The molecule has 2 aromatic heterocycles. The molecule has 0 aliphatic heterocycles. The number of ether oxygens (including phenoxy) is 3. The number of carbonyl (C=O) groups excluding carboxylic acids is 2. The Morgan fingerprint density at radius 2 is 1.72 bits per heavy atom. The molecule has 0 saturated heterocycles. The zero-order valence-electron chi connectivity index (χ0n) is 27.4. The third-order valence-electron chi connectivity index (χ3n) is 6.41. The molecule has 250 valence electrons. The molecule has 4 aromatic rings. The fourth-order valence-corrected chi connectivity index (χ4v) is 4.58. The van der Waals surface area contributed by atoms with E-state index in [1.807, 2.05) is 18.2 Å². The lowest BCUT2D eigenvalue weighted by Crippen LogP contribution is -2.41. The number of nitrogens with one attached hydrogen (secondary N) is 2. The van der Waals surface area contributed by atoms with Crippen LogP contribution in [0.25, 0.3) is 22.2 Å². The largest absolute Gasteiger partial charge is 0.492 e. The lowest BCUT2D eigenvalue weighted by molar-refractivity contribution is 0.0224. The fraction of sp³-hybridized carbons (Fsp3) is 0.382. The standard InChI is InChI=1S/C34H40ClFN6O5/c1-33(2,3)46-31(43)38-13-7-15-42(32(44)47-34(4,5)6)16-17-45-24-9-10-25-28(12-14-37-29(25)20-24)40-23-19-30(41-39-21-23)26-18-22(35)8-11-27(26)36/h8-12,14,18-21H,7,13,15-17H2,1-6H3,(H,38,43)(H,37,40,41). The van der Waals surface area contributed by atoms with Crippen LogP contribution < -0.4 is 15.4 Å². The number of aromatic nitrogens is 3. The highest BCUT2D eigenvalue weighted by Gasteiger charge is 2.22. The molecule has 0 atom stereocenters. The summed E-state index contributed by atoms with van der Waals surface area (Å²) < 4.78 is 31.3. The Balaban J connectivity index is 1.39. The third-order valence-corrected chi connectivity index (χ3v) is 6.64. The number of benzene rings is 2. The highest BCUT2D eigenvalue weighted by molar-refractivity contribution is 6.30. The van der Waals surface area contributed by atoms with Crippen LogP contribution in [0.1, 0.15) is 48.0 Å². The van der Waals surface area contributed by atoms with Gasteiger partial charge < -0.3 is 29.7 Å². The van der Waals surface area contributed by atoms with E-state index in [0.29, 0.717) is 47.2 Å². The summed E-state index contributed by atoms with van der Waals surface area (Å²) in [5.41, 5.74) is 1.35. The molecule has 11 nitrogen and oxygen atoms in total. The van der Waals surface area contributed by atoms with Gasteiger partial charge in [-0.1, -0.05) is 11.6 Å². The summed E-state index contributed by atoms with van der Waals surface area (Å²) in [5, 5.41) is 15.3. The molecule has 2 N–H and O–H groups in total. The first-order chi connectivity index (χ1) is 22.2. The Morgan fingerprint density at radius 3 is 2.47 bits per heavy atom. The number of halogens is 2. The van der Waals surface area contributed by atoms with Crippen molar-refractivity contribution in [3.8, 4) is 17.0 Å². The van der Waals surface area contributed by atoms with Gasteiger partial charge in [-0.15, -0.1) is 0 Å². The smallest absolute Gasteiger partial charge is 0.410 e. The number of carbonyl (C=O) groups is 2. The number of fused-ring (bicyclic) bond motifs is 1. The summed E-state index contributed by atoms with van der Waals surface area (Å²) in [6.45, 7) is 11.9. The monoisotopic (exact) mass is 666 g/mol. The van der Waals surface area contributed by atoms with Gasteiger partial charge in [0, 0.05) is 47.0 Å². The molecular formula is C34H40ClFN6O5. The topological polar surface area (TPSA) is 128 Å². The van der Waals surface area contributed by atoms with Gasteiger partial charge in [-0.25, -0.2) is 14.0 Å². The molecule has 2 aromatic carbocycles. The highest BCUT2D eigenvalue weighted by atomic mass is 35.5. The van der Waals surface area contributed by atoms with Crippen molar-refractivity contribution in [3.63, 3.8) is 0 Å². The van der Waals surface area contributed by atoms with Crippen LogP contribution in [-0.4, -0.2) is 69.7 Å². The maximum atomic E-state index is 14.4. The van der Waals surface area contributed by atoms with Crippen LogP contribution in [0.5, 0.6) is 5.75 Å². The minimum atomic E-state index is -0.667. The normalized spacial score (nSPS) is 11.6. The first-order valence-electron chi connectivity index (χ1n) is 15.2. The molecular weight excluding hydrogens is 627 g/mol. The van der Waals surface area contributed by atoms with Crippen LogP contribution >= 0.6 is 11.6 Å². The van der Waals surface area contributed by atoms with Crippen LogP contribution in [0.3, 0.4) is 0 Å². The molecule has 47 heavy (non-hydrogen) atoms. The summed E-state index contributed by atoms with van der Waals surface area (Å²) in [7, 11) is 0. The van der Waals surface area contributed by atoms with Crippen molar-refractivity contribution < 1.29 is 28.2 Å². The summed E-state index contributed by atoms with van der Waals surface area (Å²) in [6, 6.07) is 13.3. The van der Waals surface area contributed by atoms with Gasteiger partial charge in [0.15, 0.2) is 0 Å². The van der Waals surface area contributed by atoms with E-state index in [1.54, 1.807) is 71.0 Å². The summed E-state index contributed by atoms with van der Waals surface area (Å²) in [6.07, 6.45) is 2.72. The van der Waals surface area contributed by atoms with Crippen LogP contribution in [0.4, 0.5) is 25.4 Å². The minimum Gasteiger partial charge on any atom is -0.492 e. The second kappa shape index (κ2) is 15.3. The van der Waals surface area contributed by atoms with Gasteiger partial charge in [-0.3, -0.25) is 4.98 Å². The van der Waals surface area contributed by atoms with E-state index in [2.05, 4.69) is 25.8 Å². The van der Waals surface area contributed by atoms with Crippen molar-refractivity contribution in [2.24, 2.45) is 0 Å². The van der Waals surface area contributed by atoms with Crippen molar-refractivity contribution in [1.82, 2.24) is 25.4 Å². The van der Waals surface area contributed by atoms with Gasteiger partial charge in [0.1, 0.15) is 29.4 Å². The molecule has 0 aliphatic rings. The number of hydrogen-bond donors (Lipinski definition) is 2. The second-order valence-electron chi connectivity index (χ2n) is 12.7. The zero-order chi connectivity index (χ0) is 34.2. The molecule has 0 aliphatic carbocycles. The van der Waals surface area contributed by atoms with Crippen molar-refractivity contribution in [1.29, 1.82) is 0 Å². The maximum absolute atomic E-state index is 14.4. The molecule has 13 heteroatoms. The molecule has 4 rings (SSSR count). The van der Waals surface area contributed by atoms with Gasteiger partial charge in [-0.05, 0) is 90.4 Å². The van der Waals surface area contributed by atoms with Crippen LogP contribution in [0, 0.1) is 5.82 Å². The second-order valence-corrected chi connectivity index (χ2v) is 13.2. The summed E-state index contributed by atoms with van der Waals surface area (Å²) >= 11 is 6.06. The Kier molecular flexibility index (Phi) is 11.4. The number of hydrogen-bond acceptors (Lipinski definition) is 9. The SMILES string of the molecule is CC(C)(C)OC(=O)NCCCN(CCOc1ccc2c(Nc3cnnc(-c4cc(Cl)ccc4F)c3)ccnc2c1)C(=O)OC(C)(C)C. The number of alkyl carbamates (subject to hydrolysis) is 1. The first-order valence-corrected chi connectivity index (χ1v) is 15.6. The van der Waals surface area contributed by atoms with Crippen LogP contribution in [-0.2, 0) is 9.47 Å². The Bertz CT molecular complexity index is 1710. The van der Waals surface area contributed by atoms with Crippen molar-refractivity contribution in [2.75, 3.05) is 31.6 Å². The number of amides is 2. The predicted molar refractivity (Wildman–Crippen MR) is 180 cm³/mol. The minimum absolute atomic E-state index is 0.202. The van der Waals surface area contributed by atoms with E-state index in [0.717, 1.165) is 11.1 Å². The number of rotatable bonds is 11. The van der Waals surface area contributed by atoms with Gasteiger partial charge in [-0.2, -0.15) is 10.2 Å². The van der Waals surface area contributed by atoms with Crippen LogP contribution in [0.2, 0.25) is 5.02 Å². The number of pyridine rings is 1.